The molecule has 3 atom stereocenters. The minimum atomic E-state index is -4.36. The number of aromatic nitrogens is 4. The second kappa shape index (κ2) is 9.58. The van der Waals surface area contributed by atoms with Crippen LogP contribution in [0.25, 0.3) is 0 Å². The molecule has 13 heteroatoms. The quantitative estimate of drug-likeness (QED) is 0.360. The third-order valence-electron chi connectivity index (χ3n) is 10.3. The van der Waals surface area contributed by atoms with Gasteiger partial charge in [0.15, 0.2) is 0 Å². The van der Waals surface area contributed by atoms with Gasteiger partial charge in [-0.1, -0.05) is 19.9 Å². The van der Waals surface area contributed by atoms with E-state index in [4.69, 9.17) is 4.42 Å². The number of hydrogen-bond donors (Lipinski definition) is 0. The van der Waals surface area contributed by atoms with Crippen LogP contribution in [0.2, 0.25) is 0 Å². The first-order valence-electron chi connectivity index (χ1n) is 15.0. The topological polar surface area (TPSA) is 105 Å². The molecule has 5 heterocycles. The smallest absolute Gasteiger partial charge is 0.399 e. The van der Waals surface area contributed by atoms with Gasteiger partial charge in [-0.2, -0.15) is 13.2 Å². The van der Waals surface area contributed by atoms with Crippen molar-refractivity contribution < 1.29 is 27.2 Å². The van der Waals surface area contributed by atoms with E-state index in [1.165, 1.54) is 17.4 Å². The van der Waals surface area contributed by atoms with Crippen LogP contribution in [0.15, 0.2) is 22.6 Å². The Bertz CT molecular complexity index is 1650. The maximum absolute atomic E-state index is 13.8. The van der Waals surface area contributed by atoms with E-state index in [0.717, 1.165) is 11.4 Å². The predicted molar refractivity (Wildman–Crippen MR) is 154 cm³/mol. The van der Waals surface area contributed by atoms with Gasteiger partial charge in [0.05, 0.1) is 33.9 Å². The molecule has 2 amide bonds. The summed E-state index contributed by atoms with van der Waals surface area (Å²) in [6.45, 7) is 11.5. The minimum absolute atomic E-state index is 0.0145. The highest BCUT2D eigenvalue weighted by Gasteiger charge is 2.65. The molecule has 0 bridgehead atoms. The molecular weight excluding hydrogens is 593 g/mol. The van der Waals surface area contributed by atoms with E-state index in [2.05, 4.69) is 34.0 Å². The van der Waals surface area contributed by atoms with Gasteiger partial charge in [0.1, 0.15) is 10.3 Å². The average molecular weight is 629 g/mol. The number of aryl methyl sites for hydroxylation is 2. The van der Waals surface area contributed by atoms with Crippen molar-refractivity contribution >= 4 is 23.2 Å². The molecule has 2 aliphatic carbocycles. The van der Waals surface area contributed by atoms with Gasteiger partial charge in [0, 0.05) is 37.5 Å². The van der Waals surface area contributed by atoms with Crippen molar-refractivity contribution in [3.8, 4) is 0 Å². The predicted octanol–water partition coefficient (Wildman–Crippen LogP) is 5.40. The van der Waals surface area contributed by atoms with Gasteiger partial charge in [0.2, 0.25) is 17.7 Å². The average Bonchev–Trinajstić information content (AvgIpc) is 3.68. The minimum Gasteiger partial charge on any atom is -0.424 e. The van der Waals surface area contributed by atoms with Crippen molar-refractivity contribution in [1.82, 2.24) is 30.0 Å². The fourth-order valence-electron chi connectivity index (χ4n) is 7.09. The lowest BCUT2D eigenvalue weighted by Gasteiger charge is -2.50. The highest BCUT2D eigenvalue weighted by Crippen LogP contribution is 2.59. The molecule has 9 nitrogen and oxygen atoms in total. The van der Waals surface area contributed by atoms with E-state index in [-0.39, 0.29) is 53.5 Å². The summed E-state index contributed by atoms with van der Waals surface area (Å²) < 4.78 is 47.6. The highest BCUT2D eigenvalue weighted by molar-refractivity contribution is 7.13. The van der Waals surface area contributed by atoms with Crippen molar-refractivity contribution in [2.45, 2.75) is 77.3 Å². The normalized spacial score (nSPS) is 25.2. The first kappa shape index (κ1) is 29.4. The summed E-state index contributed by atoms with van der Waals surface area (Å²) in [6.07, 6.45) is -3.42. The Hall–Kier alpha value is -3.35. The summed E-state index contributed by atoms with van der Waals surface area (Å²) in [5.41, 5.74) is -1.17. The maximum atomic E-state index is 13.8. The number of carbonyl (C=O) groups excluding carboxylic acids is 2. The molecule has 2 saturated heterocycles. The summed E-state index contributed by atoms with van der Waals surface area (Å²) in [7, 11) is 0. The number of pyridine rings is 1. The van der Waals surface area contributed by atoms with Crippen molar-refractivity contribution in [3.05, 3.63) is 56.9 Å². The van der Waals surface area contributed by atoms with E-state index < -0.39 is 22.9 Å². The number of alkyl halides is 3. The van der Waals surface area contributed by atoms with Crippen molar-refractivity contribution in [1.29, 1.82) is 0 Å². The van der Waals surface area contributed by atoms with Gasteiger partial charge in [0.25, 0.3) is 5.91 Å². The number of thiazole rings is 1. The van der Waals surface area contributed by atoms with Gasteiger partial charge < -0.3 is 14.2 Å². The van der Waals surface area contributed by atoms with Crippen LogP contribution >= 0.6 is 11.3 Å². The zero-order valence-electron chi connectivity index (χ0n) is 25.4. The largest absolute Gasteiger partial charge is 0.424 e. The number of hydrogen-bond acceptors (Lipinski definition) is 8. The molecule has 4 aliphatic rings. The van der Waals surface area contributed by atoms with Crippen LogP contribution in [0.4, 0.5) is 13.2 Å². The second-order valence-electron chi connectivity index (χ2n) is 13.9. The third kappa shape index (κ3) is 4.56. The number of rotatable bonds is 6. The number of nitrogens with zero attached hydrogens (tertiary/aromatic N) is 6. The Balaban J connectivity index is 1.15. The van der Waals surface area contributed by atoms with E-state index in [9.17, 15) is 22.8 Å². The summed E-state index contributed by atoms with van der Waals surface area (Å²) in [4.78, 5) is 40.0. The molecule has 44 heavy (non-hydrogen) atoms. The molecular formula is C31H35F3N6O3S. The van der Waals surface area contributed by atoms with E-state index in [0.29, 0.717) is 48.3 Å². The van der Waals surface area contributed by atoms with E-state index in [1.807, 2.05) is 18.7 Å². The van der Waals surface area contributed by atoms with Gasteiger partial charge in [-0.15, -0.1) is 21.5 Å². The molecule has 0 N–H and O–H groups in total. The zero-order chi connectivity index (χ0) is 31.4. The van der Waals surface area contributed by atoms with Crippen molar-refractivity contribution in [3.63, 3.8) is 0 Å². The Kier molecular flexibility index (Phi) is 6.39. The van der Waals surface area contributed by atoms with Crippen LogP contribution in [-0.4, -0.2) is 74.1 Å². The Morgan fingerprint density at radius 2 is 1.75 bits per heavy atom. The lowest BCUT2D eigenvalue weighted by Crippen LogP contribution is -2.62. The SMILES string of the molecule is Cc1nc(C)c(C(=O)N2CC(c3nnc(C(C)c4cccc(C5(C(F)(F)F)CC5)n4)o3)C3(C2)CN(C(=O)[C@H]2CC2(C)C)C3)s1. The molecule has 2 unspecified atom stereocenters. The van der Waals surface area contributed by atoms with E-state index in [1.54, 1.807) is 24.0 Å². The fraction of sp³-hybridized carbons (Fsp3) is 0.613. The number of likely N-dealkylation sites (tertiary alicyclic amines) is 2. The van der Waals surface area contributed by atoms with Crippen LogP contribution in [0.3, 0.4) is 0 Å². The van der Waals surface area contributed by atoms with Crippen molar-refractivity contribution in [2.24, 2.45) is 16.7 Å². The Labute approximate surface area is 257 Å². The zero-order valence-corrected chi connectivity index (χ0v) is 26.2. The van der Waals surface area contributed by atoms with Crippen LogP contribution < -0.4 is 0 Å². The number of carbonyl (C=O) groups is 2. The fourth-order valence-corrected chi connectivity index (χ4v) is 7.98. The molecule has 3 aromatic heterocycles. The molecule has 0 radical (unpaired) electrons. The van der Waals surface area contributed by atoms with Crippen LogP contribution in [-0.2, 0) is 10.2 Å². The number of halogens is 3. The highest BCUT2D eigenvalue weighted by atomic mass is 32.1. The molecule has 7 rings (SSSR count). The Morgan fingerprint density at radius 1 is 1.07 bits per heavy atom. The first-order valence-corrected chi connectivity index (χ1v) is 15.9. The standard InChI is InChI=1S/C31H35F3N6O3S/c1-16(21-7-6-8-22(36-21)30(9-10-30)31(32,33)34)24-37-38-25(43-24)20-12-39(27(42)23-17(2)35-18(3)44-23)13-29(20)14-40(15-29)26(41)19-11-28(19,4)5/h6-8,16,19-20H,9-15H2,1-5H3/t16?,19-,20?/m1/s1. The summed E-state index contributed by atoms with van der Waals surface area (Å²) >= 11 is 1.37. The van der Waals surface area contributed by atoms with Gasteiger partial charge in [-0.3, -0.25) is 14.6 Å². The maximum Gasteiger partial charge on any atom is 0.399 e. The van der Waals surface area contributed by atoms with Gasteiger partial charge in [-0.05, 0) is 57.6 Å². The second-order valence-corrected chi connectivity index (χ2v) is 15.1. The van der Waals surface area contributed by atoms with Crippen LogP contribution in [0, 0.1) is 30.6 Å². The third-order valence-corrected chi connectivity index (χ3v) is 11.4. The molecule has 1 spiro atoms. The Morgan fingerprint density at radius 3 is 2.34 bits per heavy atom. The molecule has 0 aromatic carbocycles. The van der Waals surface area contributed by atoms with Crippen LogP contribution in [0.1, 0.15) is 95.4 Å². The lowest BCUT2D eigenvalue weighted by molar-refractivity contribution is -0.161. The molecule has 234 valence electrons. The molecule has 2 aliphatic heterocycles. The summed E-state index contributed by atoms with van der Waals surface area (Å²) in [6, 6.07) is 4.70. The van der Waals surface area contributed by atoms with Crippen LogP contribution in [0.5, 0.6) is 0 Å². The number of amides is 2. The molecule has 4 fully saturated rings. The first-order chi connectivity index (χ1) is 20.6. The summed E-state index contributed by atoms with van der Waals surface area (Å²) in [5, 5.41) is 9.52. The lowest BCUT2D eigenvalue weighted by atomic mass is 9.71. The van der Waals surface area contributed by atoms with Gasteiger partial charge >= 0.3 is 6.18 Å². The van der Waals surface area contributed by atoms with Crippen molar-refractivity contribution in [2.75, 3.05) is 26.2 Å². The summed E-state index contributed by atoms with van der Waals surface area (Å²) in [5.74, 6) is -0.149. The van der Waals surface area contributed by atoms with Gasteiger partial charge in [-0.25, -0.2) is 4.98 Å². The molecule has 3 aromatic rings. The van der Waals surface area contributed by atoms with E-state index >= 15 is 0 Å². The monoisotopic (exact) mass is 628 g/mol. The molecule has 2 saturated carbocycles.